The van der Waals surface area contributed by atoms with E-state index in [1.165, 1.54) is 11.0 Å². The number of amides is 2. The van der Waals surface area contributed by atoms with Gasteiger partial charge in [0.25, 0.3) is 0 Å². The van der Waals surface area contributed by atoms with Crippen LogP contribution in [0.25, 0.3) is 0 Å². The number of nitrogens with zero attached hydrogens (tertiary/aromatic N) is 2. The van der Waals surface area contributed by atoms with Crippen molar-refractivity contribution < 1.29 is 18.0 Å². The Hall–Kier alpha value is -2.00. The highest BCUT2D eigenvalue weighted by molar-refractivity contribution is 7.92. The minimum absolute atomic E-state index is 0.0158. The molecule has 0 fully saturated rings. The molecule has 0 saturated heterocycles. The Bertz CT molecular complexity index is 1180. The first-order valence-electron chi connectivity index (χ1n) is 10.9. The van der Waals surface area contributed by atoms with E-state index in [-0.39, 0.29) is 18.1 Å². The number of hydrogen-bond donors (Lipinski definition) is 1. The zero-order chi connectivity index (χ0) is 26.6. The molecular weight excluding hydrogens is 533 g/mol. The lowest BCUT2D eigenvalue weighted by molar-refractivity contribution is -0.141. The van der Waals surface area contributed by atoms with Crippen LogP contribution in [0.2, 0.25) is 15.1 Å². The second kappa shape index (κ2) is 11.8. The van der Waals surface area contributed by atoms with E-state index in [4.69, 9.17) is 34.8 Å². The summed E-state index contributed by atoms with van der Waals surface area (Å²) in [6.45, 7) is 6.75. The first-order valence-corrected chi connectivity index (χ1v) is 13.9. The third-order valence-corrected chi connectivity index (χ3v) is 6.98. The molecule has 0 aromatic heterocycles. The lowest BCUT2D eigenvalue weighted by Crippen LogP contribution is -2.55. The summed E-state index contributed by atoms with van der Waals surface area (Å²) in [6.07, 6.45) is 1.31. The summed E-state index contributed by atoms with van der Waals surface area (Å²) in [7, 11) is -3.85. The molecule has 2 amide bonds. The van der Waals surface area contributed by atoms with Crippen LogP contribution in [0.15, 0.2) is 42.5 Å². The van der Waals surface area contributed by atoms with Gasteiger partial charge >= 0.3 is 0 Å². The molecule has 0 bridgehead atoms. The van der Waals surface area contributed by atoms with E-state index in [9.17, 15) is 18.0 Å². The number of sulfonamides is 1. The van der Waals surface area contributed by atoms with Crippen LogP contribution in [0.1, 0.15) is 39.7 Å². The Balaban J connectivity index is 2.50. The van der Waals surface area contributed by atoms with E-state index in [1.807, 2.05) is 20.8 Å². The number of benzene rings is 2. The molecule has 2 aromatic carbocycles. The number of hydrogen-bond acceptors (Lipinski definition) is 4. The van der Waals surface area contributed by atoms with Gasteiger partial charge in [0.2, 0.25) is 21.8 Å². The Kier molecular flexibility index (Phi) is 9.87. The van der Waals surface area contributed by atoms with Crippen LogP contribution in [-0.2, 0) is 26.2 Å². The van der Waals surface area contributed by atoms with Crippen LogP contribution in [0.5, 0.6) is 0 Å². The maximum absolute atomic E-state index is 13.6. The van der Waals surface area contributed by atoms with Gasteiger partial charge in [-0.2, -0.15) is 0 Å². The molecule has 1 atom stereocenters. The van der Waals surface area contributed by atoms with Crippen molar-refractivity contribution in [2.75, 3.05) is 17.1 Å². The van der Waals surface area contributed by atoms with E-state index in [0.29, 0.717) is 27.1 Å². The Morgan fingerprint density at radius 2 is 1.66 bits per heavy atom. The average molecular weight is 563 g/mol. The van der Waals surface area contributed by atoms with E-state index in [1.54, 1.807) is 43.3 Å². The Morgan fingerprint density at radius 3 is 2.17 bits per heavy atom. The van der Waals surface area contributed by atoms with Crippen molar-refractivity contribution in [1.82, 2.24) is 10.2 Å². The second-order valence-corrected chi connectivity index (χ2v) is 12.4. The Labute approximate surface area is 222 Å². The highest BCUT2D eigenvalue weighted by Gasteiger charge is 2.33. The van der Waals surface area contributed by atoms with Crippen molar-refractivity contribution in [3.8, 4) is 0 Å². The quantitative estimate of drug-likeness (QED) is 0.459. The molecule has 0 spiro atoms. The molecule has 0 heterocycles. The van der Waals surface area contributed by atoms with Gasteiger partial charge in [-0.25, -0.2) is 8.42 Å². The van der Waals surface area contributed by atoms with Crippen molar-refractivity contribution in [2.24, 2.45) is 0 Å². The number of anilines is 1. The summed E-state index contributed by atoms with van der Waals surface area (Å²) < 4.78 is 26.2. The highest BCUT2D eigenvalue weighted by Crippen LogP contribution is 2.26. The van der Waals surface area contributed by atoms with Gasteiger partial charge in [0, 0.05) is 27.2 Å². The fourth-order valence-corrected chi connectivity index (χ4v) is 4.95. The van der Waals surface area contributed by atoms with Gasteiger partial charge in [-0.1, -0.05) is 53.9 Å². The largest absolute Gasteiger partial charge is 0.350 e. The van der Waals surface area contributed by atoms with Gasteiger partial charge in [-0.3, -0.25) is 13.9 Å². The number of nitrogens with one attached hydrogen (secondary N) is 1. The monoisotopic (exact) mass is 561 g/mol. The second-order valence-electron chi connectivity index (χ2n) is 9.17. The zero-order valence-electron chi connectivity index (χ0n) is 20.3. The summed E-state index contributed by atoms with van der Waals surface area (Å²) >= 11 is 18.4. The molecule has 0 aliphatic rings. The van der Waals surface area contributed by atoms with Crippen molar-refractivity contribution in [3.63, 3.8) is 0 Å². The lowest BCUT2D eigenvalue weighted by Gasteiger charge is -2.34. The van der Waals surface area contributed by atoms with E-state index >= 15 is 0 Å². The number of halogens is 3. The van der Waals surface area contributed by atoms with Crippen molar-refractivity contribution in [3.05, 3.63) is 63.1 Å². The summed E-state index contributed by atoms with van der Waals surface area (Å²) in [5, 5.41) is 3.98. The molecule has 0 aliphatic carbocycles. The van der Waals surface area contributed by atoms with Crippen molar-refractivity contribution >= 4 is 62.3 Å². The molecule has 0 aliphatic heterocycles. The topological polar surface area (TPSA) is 86.8 Å². The fourth-order valence-electron chi connectivity index (χ4n) is 3.45. The normalized spacial score (nSPS) is 12.7. The molecule has 35 heavy (non-hydrogen) atoms. The molecule has 1 N–H and O–H groups in total. The minimum Gasteiger partial charge on any atom is -0.350 e. The van der Waals surface area contributed by atoms with Crippen LogP contribution in [0, 0.1) is 0 Å². The van der Waals surface area contributed by atoms with Gasteiger partial charge in [-0.05, 0) is 63.1 Å². The molecule has 0 radical (unpaired) electrons. The van der Waals surface area contributed by atoms with Gasteiger partial charge < -0.3 is 10.2 Å². The van der Waals surface area contributed by atoms with E-state index < -0.39 is 34.1 Å². The maximum atomic E-state index is 13.6. The van der Waals surface area contributed by atoms with Gasteiger partial charge in [-0.15, -0.1) is 0 Å². The fraction of sp³-hybridized carbons (Fsp3) is 0.417. The third-order valence-electron chi connectivity index (χ3n) is 5.02. The minimum atomic E-state index is -3.85. The van der Waals surface area contributed by atoms with Crippen molar-refractivity contribution in [1.29, 1.82) is 0 Å². The molecule has 7 nitrogen and oxygen atoms in total. The van der Waals surface area contributed by atoms with Crippen LogP contribution in [0.4, 0.5) is 5.69 Å². The van der Waals surface area contributed by atoms with Crippen LogP contribution >= 0.6 is 34.8 Å². The van der Waals surface area contributed by atoms with Crippen LogP contribution < -0.4 is 9.62 Å². The number of rotatable bonds is 9. The first kappa shape index (κ1) is 29.2. The summed E-state index contributed by atoms with van der Waals surface area (Å²) in [5.41, 5.74) is 0.279. The predicted molar refractivity (Wildman–Crippen MR) is 143 cm³/mol. The molecule has 0 saturated carbocycles. The molecular formula is C24H30Cl3N3O4S. The van der Waals surface area contributed by atoms with Gasteiger partial charge in [0.15, 0.2) is 0 Å². The average Bonchev–Trinajstić information content (AvgIpc) is 2.71. The van der Waals surface area contributed by atoms with Gasteiger partial charge in [0.1, 0.15) is 12.6 Å². The van der Waals surface area contributed by atoms with Gasteiger partial charge in [0.05, 0.1) is 11.9 Å². The summed E-state index contributed by atoms with van der Waals surface area (Å²) in [5.74, 6) is -0.926. The number of carbonyl (C=O) groups excluding carboxylic acids is 2. The maximum Gasteiger partial charge on any atom is 0.244 e. The predicted octanol–water partition coefficient (Wildman–Crippen LogP) is 5.13. The zero-order valence-corrected chi connectivity index (χ0v) is 23.4. The SMILES string of the molecule is CCC(C(=O)NC(C)(C)C)N(Cc1ccc(Cl)cc1Cl)C(=O)CN(c1cccc(Cl)c1)S(C)(=O)=O. The standard InChI is InChI=1S/C24H30Cl3N3O4S/c1-6-21(23(32)28-24(2,3)4)29(14-16-10-11-18(26)13-20(16)27)22(31)15-30(35(5,33)34)19-9-7-8-17(25)12-19/h7-13,21H,6,14-15H2,1-5H3,(H,28,32). The van der Waals surface area contributed by atoms with Crippen molar-refractivity contribution in [2.45, 2.75) is 52.2 Å². The summed E-state index contributed by atoms with van der Waals surface area (Å²) in [6, 6.07) is 10.2. The molecule has 1 unspecified atom stereocenters. The molecule has 11 heteroatoms. The van der Waals surface area contributed by atoms with E-state index in [0.717, 1.165) is 10.6 Å². The van der Waals surface area contributed by atoms with Crippen LogP contribution in [0.3, 0.4) is 0 Å². The molecule has 2 aromatic rings. The van der Waals surface area contributed by atoms with Crippen LogP contribution in [-0.4, -0.2) is 49.5 Å². The first-order chi connectivity index (χ1) is 16.1. The highest BCUT2D eigenvalue weighted by atomic mass is 35.5. The third kappa shape index (κ3) is 8.56. The summed E-state index contributed by atoms with van der Waals surface area (Å²) in [4.78, 5) is 28.1. The molecule has 2 rings (SSSR count). The lowest BCUT2D eigenvalue weighted by atomic mass is 10.1. The smallest absolute Gasteiger partial charge is 0.244 e. The Morgan fingerprint density at radius 1 is 1.03 bits per heavy atom. The number of carbonyl (C=O) groups is 2. The molecule has 192 valence electrons. The van der Waals surface area contributed by atoms with E-state index in [2.05, 4.69) is 5.32 Å².